The van der Waals surface area contributed by atoms with Crippen molar-refractivity contribution in [1.82, 2.24) is 10.2 Å². The van der Waals surface area contributed by atoms with Crippen LogP contribution in [0.4, 0.5) is 13.2 Å². The number of fused-ring (bicyclic) bond motifs is 1. The van der Waals surface area contributed by atoms with Crippen LogP contribution in [0.3, 0.4) is 0 Å². The number of nitrogens with zero attached hydrogens (tertiary/aromatic N) is 1. The zero-order valence-corrected chi connectivity index (χ0v) is 27.5. The minimum absolute atomic E-state index is 0.135. The van der Waals surface area contributed by atoms with Crippen molar-refractivity contribution in [2.45, 2.75) is 69.8 Å². The molecule has 1 aliphatic heterocycles. The van der Waals surface area contributed by atoms with Gasteiger partial charge in [0.25, 0.3) is 0 Å². The van der Waals surface area contributed by atoms with E-state index in [0.29, 0.717) is 41.8 Å². The molecule has 4 aromatic rings. The highest BCUT2D eigenvalue weighted by atomic mass is 19.4. The number of alkyl halides is 3. The largest absolute Gasteiger partial charge is 0.489 e. The lowest BCUT2D eigenvalue weighted by Gasteiger charge is -2.38. The molecule has 2 aliphatic rings. The molecule has 260 valence electrons. The minimum Gasteiger partial charge on any atom is -0.489 e. The van der Waals surface area contributed by atoms with E-state index in [0.717, 1.165) is 54.5 Å². The second-order valence-corrected chi connectivity index (χ2v) is 13.1. The zero-order valence-electron chi connectivity index (χ0n) is 27.5. The van der Waals surface area contributed by atoms with Crippen LogP contribution in [0.1, 0.15) is 78.4 Å². The van der Waals surface area contributed by atoms with Gasteiger partial charge in [-0.25, -0.2) is 0 Å². The van der Waals surface area contributed by atoms with Gasteiger partial charge in [0.1, 0.15) is 18.4 Å². The summed E-state index contributed by atoms with van der Waals surface area (Å²) in [6.45, 7) is 0.181. The van der Waals surface area contributed by atoms with Gasteiger partial charge in [-0.05, 0) is 82.8 Å². The molecule has 0 aromatic heterocycles. The highest BCUT2D eigenvalue weighted by Crippen LogP contribution is 2.37. The number of carbonyl (C=O) groups is 3. The summed E-state index contributed by atoms with van der Waals surface area (Å²) in [5.41, 5.74) is 3.49. The molecule has 10 heteroatoms. The minimum atomic E-state index is -4.49. The Morgan fingerprint density at radius 1 is 0.880 bits per heavy atom. The van der Waals surface area contributed by atoms with Crippen molar-refractivity contribution in [3.8, 4) is 16.9 Å². The van der Waals surface area contributed by atoms with E-state index in [1.54, 1.807) is 35.2 Å². The van der Waals surface area contributed by atoms with E-state index in [9.17, 15) is 32.7 Å². The second-order valence-electron chi connectivity index (χ2n) is 13.1. The van der Waals surface area contributed by atoms with Gasteiger partial charge in [0.05, 0.1) is 18.0 Å². The van der Waals surface area contributed by atoms with Crippen molar-refractivity contribution >= 4 is 17.8 Å². The highest BCUT2D eigenvalue weighted by Gasteiger charge is 2.38. The number of nitrogens with one attached hydrogen (secondary N) is 1. The van der Waals surface area contributed by atoms with Gasteiger partial charge >= 0.3 is 12.1 Å². The van der Waals surface area contributed by atoms with E-state index in [1.807, 2.05) is 48.5 Å². The van der Waals surface area contributed by atoms with Crippen LogP contribution in [0.15, 0.2) is 97.1 Å². The van der Waals surface area contributed by atoms with Gasteiger partial charge in [-0.3, -0.25) is 14.4 Å². The van der Waals surface area contributed by atoms with Crippen molar-refractivity contribution in [1.29, 1.82) is 0 Å². The summed E-state index contributed by atoms with van der Waals surface area (Å²) >= 11 is 0. The Kier molecular flexibility index (Phi) is 10.6. The first-order valence-electron chi connectivity index (χ1n) is 16.9. The van der Waals surface area contributed by atoms with E-state index >= 15 is 0 Å². The molecular formula is C40H39F3N2O5. The quantitative estimate of drug-likeness (QED) is 0.166. The monoisotopic (exact) mass is 684 g/mol. The van der Waals surface area contributed by atoms with Crippen molar-refractivity contribution in [3.63, 3.8) is 0 Å². The first kappa shape index (κ1) is 34.7. The Hall–Kier alpha value is -5.12. The molecule has 0 spiro atoms. The number of aliphatic carboxylic acids is 1. The van der Waals surface area contributed by atoms with Crippen LogP contribution in [0.25, 0.3) is 11.1 Å². The number of hydrogen-bond acceptors (Lipinski definition) is 4. The smallest absolute Gasteiger partial charge is 0.416 e. The molecule has 7 nitrogen and oxygen atoms in total. The summed E-state index contributed by atoms with van der Waals surface area (Å²) in [6, 6.07) is 25.3. The molecule has 0 bridgehead atoms. The number of rotatable bonds is 11. The molecule has 0 radical (unpaired) electrons. The van der Waals surface area contributed by atoms with E-state index in [1.165, 1.54) is 6.07 Å². The van der Waals surface area contributed by atoms with Gasteiger partial charge in [-0.1, -0.05) is 85.6 Å². The Balaban J connectivity index is 1.28. The van der Waals surface area contributed by atoms with Gasteiger partial charge in [-0.2, -0.15) is 13.2 Å². The van der Waals surface area contributed by atoms with Crippen LogP contribution in [0, 0.1) is 5.92 Å². The maximum atomic E-state index is 14.3. The first-order chi connectivity index (χ1) is 24.0. The molecule has 50 heavy (non-hydrogen) atoms. The Morgan fingerprint density at radius 2 is 1.60 bits per heavy atom. The molecule has 1 fully saturated rings. The molecular weight excluding hydrogens is 645 g/mol. The molecule has 1 aliphatic carbocycles. The van der Waals surface area contributed by atoms with Crippen LogP contribution in [0.2, 0.25) is 0 Å². The maximum absolute atomic E-state index is 14.3. The summed E-state index contributed by atoms with van der Waals surface area (Å²) in [5.74, 6) is -1.16. The molecule has 2 unspecified atom stereocenters. The van der Waals surface area contributed by atoms with Crippen molar-refractivity contribution in [2.75, 3.05) is 6.54 Å². The molecule has 2 amide bonds. The standard InChI is InChI=1S/C40H39F3N2O5/c41-40(42,43)32-12-6-9-27(21-32)25-50-33-18-17-30-19-20-45(36(46)22-26-7-4-5-8-26)38(34(30)23-33)39(49)44-35(24-37(47)48)31-15-13-29(14-16-31)28-10-2-1-3-11-28/h1-3,6,9-18,21,23,26,35,38H,4-5,7-8,19-20,22,24-25H2,(H,44,49)(H,47,48). The number of ether oxygens (including phenoxy) is 1. The number of hydrogen-bond donors (Lipinski definition) is 2. The third-order valence-electron chi connectivity index (χ3n) is 9.63. The summed E-state index contributed by atoms with van der Waals surface area (Å²) < 4.78 is 45.8. The van der Waals surface area contributed by atoms with Gasteiger partial charge in [0, 0.05) is 13.0 Å². The molecule has 1 heterocycles. The predicted octanol–water partition coefficient (Wildman–Crippen LogP) is 8.29. The average Bonchev–Trinajstić information content (AvgIpc) is 3.63. The fourth-order valence-electron chi connectivity index (χ4n) is 7.03. The number of benzene rings is 4. The SMILES string of the molecule is O=C(O)CC(NC(=O)C1c2cc(OCc3cccc(C(F)(F)F)c3)ccc2CCN1C(=O)CC1CCCC1)c1ccc(-c2ccccc2)cc1. The third kappa shape index (κ3) is 8.35. The highest BCUT2D eigenvalue weighted by molar-refractivity contribution is 5.90. The van der Waals surface area contributed by atoms with Crippen molar-refractivity contribution in [3.05, 3.63) is 125 Å². The Bertz CT molecular complexity index is 1820. The van der Waals surface area contributed by atoms with Crippen LogP contribution >= 0.6 is 0 Å². The topological polar surface area (TPSA) is 95.9 Å². The third-order valence-corrected chi connectivity index (χ3v) is 9.63. The lowest BCUT2D eigenvalue weighted by molar-refractivity contribution is -0.143. The van der Waals surface area contributed by atoms with E-state index < -0.39 is 35.7 Å². The lowest BCUT2D eigenvalue weighted by Crippen LogP contribution is -2.48. The van der Waals surface area contributed by atoms with Gasteiger partial charge in [-0.15, -0.1) is 0 Å². The number of carboxylic acids is 1. The fraction of sp³-hybridized carbons (Fsp3) is 0.325. The molecule has 4 aromatic carbocycles. The lowest BCUT2D eigenvalue weighted by atomic mass is 9.90. The molecule has 2 N–H and O–H groups in total. The maximum Gasteiger partial charge on any atom is 0.416 e. The average molecular weight is 685 g/mol. The van der Waals surface area contributed by atoms with E-state index in [2.05, 4.69) is 5.32 Å². The van der Waals surface area contributed by atoms with Gasteiger partial charge < -0.3 is 20.1 Å². The number of halogens is 3. The fourth-order valence-corrected chi connectivity index (χ4v) is 7.03. The number of amides is 2. The van der Waals surface area contributed by atoms with Crippen molar-refractivity contribution < 1.29 is 37.4 Å². The molecule has 2 atom stereocenters. The van der Waals surface area contributed by atoms with Crippen molar-refractivity contribution in [2.24, 2.45) is 5.92 Å². The predicted molar refractivity (Wildman–Crippen MR) is 182 cm³/mol. The van der Waals surface area contributed by atoms with E-state index in [4.69, 9.17) is 4.74 Å². The number of carbonyl (C=O) groups excluding carboxylic acids is 2. The molecule has 6 rings (SSSR count). The summed E-state index contributed by atoms with van der Waals surface area (Å²) in [6.07, 6.45) is 0.0215. The first-order valence-corrected chi connectivity index (χ1v) is 16.9. The van der Waals surface area contributed by atoms with Gasteiger partial charge in [0.15, 0.2) is 0 Å². The second kappa shape index (κ2) is 15.2. The van der Waals surface area contributed by atoms with Crippen LogP contribution in [0.5, 0.6) is 5.75 Å². The zero-order chi connectivity index (χ0) is 35.3. The van der Waals surface area contributed by atoms with Crippen LogP contribution in [-0.2, 0) is 33.6 Å². The van der Waals surface area contributed by atoms with Crippen LogP contribution in [-0.4, -0.2) is 34.3 Å². The summed E-state index contributed by atoms with van der Waals surface area (Å²) in [4.78, 5) is 41.8. The Morgan fingerprint density at radius 3 is 2.30 bits per heavy atom. The van der Waals surface area contributed by atoms with Gasteiger partial charge in [0.2, 0.25) is 11.8 Å². The normalized spacial score (nSPS) is 16.8. The molecule has 1 saturated carbocycles. The van der Waals surface area contributed by atoms with E-state index in [-0.39, 0.29) is 24.9 Å². The molecule has 0 saturated heterocycles. The Labute approximate surface area is 289 Å². The summed E-state index contributed by atoms with van der Waals surface area (Å²) in [5, 5.41) is 12.8. The summed E-state index contributed by atoms with van der Waals surface area (Å²) in [7, 11) is 0. The number of carboxylic acid groups (broad SMARTS) is 1. The van der Waals surface area contributed by atoms with Crippen LogP contribution < -0.4 is 10.1 Å².